The standard InChI is InChI=1S/C17H19NS/c1-19-15-9-6-13(7-10-15)12-18-17-11-8-14-4-2-3-5-16(14)17/h2-7,9-10,17-18H,8,11-12H2,1H3. The van der Waals surface area contributed by atoms with Crippen LogP contribution in [-0.2, 0) is 13.0 Å². The highest BCUT2D eigenvalue weighted by atomic mass is 32.2. The van der Waals surface area contributed by atoms with Crippen LogP contribution in [0.5, 0.6) is 0 Å². The molecule has 2 aromatic carbocycles. The topological polar surface area (TPSA) is 12.0 Å². The van der Waals surface area contributed by atoms with Gasteiger partial charge in [0.25, 0.3) is 0 Å². The summed E-state index contributed by atoms with van der Waals surface area (Å²) in [5.74, 6) is 0. The van der Waals surface area contributed by atoms with Crippen LogP contribution in [0.1, 0.15) is 29.2 Å². The van der Waals surface area contributed by atoms with E-state index in [1.54, 1.807) is 11.8 Å². The van der Waals surface area contributed by atoms with Gasteiger partial charge in [-0.2, -0.15) is 0 Å². The van der Waals surface area contributed by atoms with Crippen molar-refractivity contribution in [1.82, 2.24) is 5.32 Å². The van der Waals surface area contributed by atoms with Crippen LogP contribution in [0, 0.1) is 0 Å². The molecule has 1 N–H and O–H groups in total. The van der Waals surface area contributed by atoms with E-state index in [0.29, 0.717) is 6.04 Å². The molecule has 0 saturated heterocycles. The first-order chi connectivity index (χ1) is 9.36. The Morgan fingerprint density at radius 2 is 1.89 bits per heavy atom. The van der Waals surface area contributed by atoms with Crippen molar-refractivity contribution in [1.29, 1.82) is 0 Å². The van der Waals surface area contributed by atoms with Gasteiger partial charge in [-0.25, -0.2) is 0 Å². The monoisotopic (exact) mass is 269 g/mol. The highest BCUT2D eigenvalue weighted by Crippen LogP contribution is 2.30. The maximum atomic E-state index is 3.68. The molecule has 3 rings (SSSR count). The summed E-state index contributed by atoms with van der Waals surface area (Å²) < 4.78 is 0. The van der Waals surface area contributed by atoms with Gasteiger partial charge >= 0.3 is 0 Å². The molecule has 0 bridgehead atoms. The van der Waals surface area contributed by atoms with Crippen molar-refractivity contribution in [2.24, 2.45) is 0 Å². The fraction of sp³-hybridized carbons (Fsp3) is 0.294. The lowest BCUT2D eigenvalue weighted by atomic mass is 10.1. The Morgan fingerprint density at radius 1 is 1.11 bits per heavy atom. The molecule has 1 unspecified atom stereocenters. The maximum absolute atomic E-state index is 3.68. The molecule has 0 saturated carbocycles. The molecule has 1 aliphatic rings. The smallest absolute Gasteiger partial charge is 0.0329 e. The van der Waals surface area contributed by atoms with E-state index in [2.05, 4.69) is 60.1 Å². The average Bonchev–Trinajstić information content (AvgIpc) is 2.89. The first-order valence-electron chi connectivity index (χ1n) is 6.81. The van der Waals surface area contributed by atoms with Crippen LogP contribution in [0.4, 0.5) is 0 Å². The summed E-state index contributed by atoms with van der Waals surface area (Å²) in [5, 5.41) is 3.68. The third kappa shape index (κ3) is 2.85. The second-order valence-electron chi connectivity index (χ2n) is 5.02. The molecule has 0 radical (unpaired) electrons. The zero-order valence-corrected chi connectivity index (χ0v) is 12.0. The maximum Gasteiger partial charge on any atom is 0.0329 e. The van der Waals surface area contributed by atoms with Gasteiger partial charge in [0.15, 0.2) is 0 Å². The van der Waals surface area contributed by atoms with E-state index in [9.17, 15) is 0 Å². The van der Waals surface area contributed by atoms with E-state index in [0.717, 1.165) is 6.54 Å². The molecule has 0 spiro atoms. The Balaban J connectivity index is 1.64. The second-order valence-corrected chi connectivity index (χ2v) is 5.90. The molecule has 0 fully saturated rings. The quantitative estimate of drug-likeness (QED) is 0.835. The Bertz CT molecular complexity index is 547. The van der Waals surface area contributed by atoms with Gasteiger partial charge in [0.05, 0.1) is 0 Å². The Hall–Kier alpha value is -1.25. The molecular weight excluding hydrogens is 250 g/mol. The number of fused-ring (bicyclic) bond motifs is 1. The number of rotatable bonds is 4. The number of nitrogens with one attached hydrogen (secondary N) is 1. The van der Waals surface area contributed by atoms with Crippen LogP contribution in [0.15, 0.2) is 53.4 Å². The third-order valence-corrected chi connectivity index (χ3v) is 4.59. The van der Waals surface area contributed by atoms with Crippen LogP contribution >= 0.6 is 11.8 Å². The first kappa shape index (κ1) is 12.8. The zero-order valence-electron chi connectivity index (χ0n) is 11.2. The first-order valence-corrected chi connectivity index (χ1v) is 8.03. The lowest BCUT2D eigenvalue weighted by molar-refractivity contribution is 0.530. The number of hydrogen-bond donors (Lipinski definition) is 1. The molecule has 1 atom stereocenters. The summed E-state index contributed by atoms with van der Waals surface area (Å²) in [7, 11) is 0. The molecule has 1 aliphatic carbocycles. The van der Waals surface area contributed by atoms with Crippen molar-refractivity contribution in [2.45, 2.75) is 30.3 Å². The number of aryl methyl sites for hydroxylation is 1. The normalized spacial score (nSPS) is 17.4. The summed E-state index contributed by atoms with van der Waals surface area (Å²) in [6.07, 6.45) is 4.55. The van der Waals surface area contributed by atoms with Gasteiger partial charge in [-0.1, -0.05) is 36.4 Å². The predicted molar refractivity (Wildman–Crippen MR) is 82.6 cm³/mol. The molecule has 2 aromatic rings. The molecule has 19 heavy (non-hydrogen) atoms. The van der Waals surface area contributed by atoms with Crippen molar-refractivity contribution in [2.75, 3.05) is 6.26 Å². The summed E-state index contributed by atoms with van der Waals surface area (Å²) in [4.78, 5) is 1.33. The number of thioether (sulfide) groups is 1. The Kier molecular flexibility index (Phi) is 3.90. The average molecular weight is 269 g/mol. The molecule has 0 aliphatic heterocycles. The lowest BCUT2D eigenvalue weighted by Crippen LogP contribution is -2.18. The van der Waals surface area contributed by atoms with Crippen molar-refractivity contribution < 1.29 is 0 Å². The van der Waals surface area contributed by atoms with Gasteiger partial charge in [-0.3, -0.25) is 0 Å². The van der Waals surface area contributed by atoms with Crippen molar-refractivity contribution >= 4 is 11.8 Å². The minimum Gasteiger partial charge on any atom is -0.306 e. The van der Waals surface area contributed by atoms with Crippen LogP contribution in [0.2, 0.25) is 0 Å². The predicted octanol–water partition coefficient (Wildman–Crippen LogP) is 4.19. The zero-order chi connectivity index (χ0) is 13.1. The summed E-state index contributed by atoms with van der Waals surface area (Å²) in [6, 6.07) is 18.2. The van der Waals surface area contributed by atoms with Gasteiger partial charge in [0.1, 0.15) is 0 Å². The van der Waals surface area contributed by atoms with Gasteiger partial charge in [0.2, 0.25) is 0 Å². The molecule has 0 aromatic heterocycles. The molecular formula is C17H19NS. The Labute approximate surface area is 119 Å². The van der Waals surface area contributed by atoms with E-state index >= 15 is 0 Å². The largest absolute Gasteiger partial charge is 0.306 e. The van der Waals surface area contributed by atoms with E-state index in [1.165, 1.54) is 34.4 Å². The Morgan fingerprint density at radius 3 is 2.68 bits per heavy atom. The van der Waals surface area contributed by atoms with E-state index < -0.39 is 0 Å². The summed E-state index contributed by atoms with van der Waals surface area (Å²) >= 11 is 1.79. The molecule has 0 amide bonds. The minimum absolute atomic E-state index is 0.524. The van der Waals surface area contributed by atoms with Gasteiger partial charge < -0.3 is 5.32 Å². The fourth-order valence-corrected chi connectivity index (χ4v) is 3.16. The summed E-state index contributed by atoms with van der Waals surface area (Å²) in [6.45, 7) is 0.952. The highest BCUT2D eigenvalue weighted by molar-refractivity contribution is 7.98. The van der Waals surface area contributed by atoms with Crippen molar-refractivity contribution in [3.8, 4) is 0 Å². The molecule has 1 nitrogen and oxygen atoms in total. The number of hydrogen-bond acceptors (Lipinski definition) is 2. The van der Waals surface area contributed by atoms with Crippen LogP contribution in [0.25, 0.3) is 0 Å². The van der Waals surface area contributed by atoms with E-state index in [4.69, 9.17) is 0 Å². The molecule has 98 valence electrons. The minimum atomic E-state index is 0.524. The molecule has 2 heteroatoms. The number of benzene rings is 2. The second kappa shape index (κ2) is 5.81. The van der Waals surface area contributed by atoms with E-state index in [1.807, 2.05) is 0 Å². The lowest BCUT2D eigenvalue weighted by Gasteiger charge is -2.14. The van der Waals surface area contributed by atoms with Gasteiger partial charge in [-0.15, -0.1) is 11.8 Å². The summed E-state index contributed by atoms with van der Waals surface area (Å²) in [5.41, 5.74) is 4.36. The van der Waals surface area contributed by atoms with Crippen LogP contribution in [0.3, 0.4) is 0 Å². The van der Waals surface area contributed by atoms with E-state index in [-0.39, 0.29) is 0 Å². The third-order valence-electron chi connectivity index (χ3n) is 3.84. The van der Waals surface area contributed by atoms with Crippen LogP contribution < -0.4 is 5.32 Å². The van der Waals surface area contributed by atoms with Crippen molar-refractivity contribution in [3.05, 3.63) is 65.2 Å². The fourth-order valence-electron chi connectivity index (χ4n) is 2.75. The van der Waals surface area contributed by atoms with Gasteiger partial charge in [-0.05, 0) is 47.9 Å². The SMILES string of the molecule is CSc1ccc(CNC2CCc3ccccc32)cc1. The van der Waals surface area contributed by atoms with Crippen molar-refractivity contribution in [3.63, 3.8) is 0 Å². The molecule has 0 heterocycles. The highest BCUT2D eigenvalue weighted by Gasteiger charge is 2.20. The van der Waals surface area contributed by atoms with Gasteiger partial charge in [0, 0.05) is 17.5 Å². The van der Waals surface area contributed by atoms with Crippen LogP contribution in [-0.4, -0.2) is 6.26 Å².